The Balaban J connectivity index is 2.25. The van der Waals surface area contributed by atoms with Crippen LogP contribution in [0.3, 0.4) is 0 Å². The van der Waals surface area contributed by atoms with E-state index in [0.29, 0.717) is 22.6 Å². The molecule has 0 saturated carbocycles. The van der Waals surface area contributed by atoms with Crippen molar-refractivity contribution in [3.63, 3.8) is 0 Å². The zero-order chi connectivity index (χ0) is 14.0. The first kappa shape index (κ1) is 14.5. The lowest BCUT2D eigenvalue weighted by Crippen LogP contribution is -2.01. The highest BCUT2D eigenvalue weighted by molar-refractivity contribution is 9.09. The molecule has 4 heteroatoms. The van der Waals surface area contributed by atoms with E-state index < -0.39 is 11.6 Å². The van der Waals surface area contributed by atoms with Crippen LogP contribution in [0.2, 0.25) is 5.02 Å². The van der Waals surface area contributed by atoms with Gasteiger partial charge in [-0.2, -0.15) is 0 Å². The van der Waals surface area contributed by atoms with Gasteiger partial charge in [0.05, 0.1) is 0 Å². The molecule has 0 bridgehead atoms. The monoisotopic (exact) mass is 344 g/mol. The Morgan fingerprint density at radius 1 is 1.16 bits per heavy atom. The van der Waals surface area contributed by atoms with Crippen molar-refractivity contribution in [1.82, 2.24) is 0 Å². The molecule has 100 valence electrons. The van der Waals surface area contributed by atoms with Crippen LogP contribution in [-0.4, -0.2) is 0 Å². The fraction of sp³-hybridized carbons (Fsp3) is 0.200. The van der Waals surface area contributed by atoms with E-state index in [0.717, 1.165) is 5.56 Å². The Kier molecular flexibility index (Phi) is 4.58. The van der Waals surface area contributed by atoms with E-state index >= 15 is 0 Å². The number of alkyl halides is 1. The molecule has 0 aromatic heterocycles. The average molecular weight is 346 g/mol. The lowest BCUT2D eigenvalue weighted by molar-refractivity contribution is 0.577. The van der Waals surface area contributed by atoms with Crippen LogP contribution < -0.4 is 0 Å². The molecule has 0 saturated heterocycles. The summed E-state index contributed by atoms with van der Waals surface area (Å²) < 4.78 is 27.4. The second-order valence-electron chi connectivity index (χ2n) is 4.42. The van der Waals surface area contributed by atoms with Crippen LogP contribution >= 0.6 is 27.5 Å². The Morgan fingerprint density at radius 2 is 1.89 bits per heavy atom. The molecule has 0 aliphatic rings. The lowest BCUT2D eigenvalue weighted by atomic mass is 10.0. The van der Waals surface area contributed by atoms with Crippen molar-refractivity contribution in [2.75, 3.05) is 0 Å². The van der Waals surface area contributed by atoms with E-state index in [2.05, 4.69) is 15.9 Å². The van der Waals surface area contributed by atoms with E-state index in [9.17, 15) is 8.78 Å². The maximum absolute atomic E-state index is 13.8. The molecule has 0 N–H and O–H groups in total. The maximum atomic E-state index is 13.8. The lowest BCUT2D eigenvalue weighted by Gasteiger charge is -2.13. The van der Waals surface area contributed by atoms with Crippen molar-refractivity contribution >= 4 is 27.5 Å². The van der Waals surface area contributed by atoms with Gasteiger partial charge in [-0.1, -0.05) is 39.7 Å². The topological polar surface area (TPSA) is 0 Å². The molecule has 0 radical (unpaired) electrons. The molecule has 19 heavy (non-hydrogen) atoms. The predicted octanol–water partition coefficient (Wildman–Crippen LogP) is 5.61. The van der Waals surface area contributed by atoms with Crippen molar-refractivity contribution in [3.8, 4) is 0 Å². The van der Waals surface area contributed by atoms with Crippen LogP contribution in [0.5, 0.6) is 0 Å². The summed E-state index contributed by atoms with van der Waals surface area (Å²) in [5.41, 5.74) is 1.60. The minimum atomic E-state index is -0.400. The van der Waals surface area contributed by atoms with Gasteiger partial charge >= 0.3 is 0 Å². The molecule has 1 atom stereocenters. The van der Waals surface area contributed by atoms with Crippen molar-refractivity contribution in [2.45, 2.75) is 18.2 Å². The minimum absolute atomic E-state index is 0.291. The molecule has 2 aromatic rings. The summed E-state index contributed by atoms with van der Waals surface area (Å²) in [5, 5.41) is 0.632. The van der Waals surface area contributed by atoms with E-state index in [4.69, 9.17) is 11.6 Å². The van der Waals surface area contributed by atoms with Crippen molar-refractivity contribution in [3.05, 3.63) is 69.7 Å². The predicted molar refractivity (Wildman–Crippen MR) is 77.9 cm³/mol. The van der Waals surface area contributed by atoms with Gasteiger partial charge < -0.3 is 0 Å². The van der Waals surface area contributed by atoms with Crippen molar-refractivity contribution < 1.29 is 8.78 Å². The Labute approximate surface area is 124 Å². The number of rotatable bonds is 3. The number of aryl methyl sites for hydroxylation is 1. The summed E-state index contributed by atoms with van der Waals surface area (Å²) in [5.74, 6) is -0.797. The summed E-state index contributed by atoms with van der Waals surface area (Å²) in [6.07, 6.45) is 0.542. The smallest absolute Gasteiger partial charge is 0.128 e. The Hall–Kier alpha value is -0.930. The van der Waals surface area contributed by atoms with Crippen molar-refractivity contribution in [1.29, 1.82) is 0 Å². The van der Waals surface area contributed by atoms with Gasteiger partial charge in [0.2, 0.25) is 0 Å². The molecule has 2 aromatic carbocycles. The summed E-state index contributed by atoms with van der Waals surface area (Å²) >= 11 is 9.31. The molecule has 0 nitrogen and oxygen atoms in total. The summed E-state index contributed by atoms with van der Waals surface area (Å²) in [6.45, 7) is 1.54. The molecule has 0 heterocycles. The van der Waals surface area contributed by atoms with Crippen molar-refractivity contribution in [2.24, 2.45) is 0 Å². The Morgan fingerprint density at radius 3 is 2.58 bits per heavy atom. The third kappa shape index (κ3) is 3.54. The van der Waals surface area contributed by atoms with Gasteiger partial charge in [-0.3, -0.25) is 0 Å². The van der Waals surface area contributed by atoms with Gasteiger partial charge in [0.15, 0.2) is 0 Å². The first-order chi connectivity index (χ1) is 8.97. The highest BCUT2D eigenvalue weighted by Gasteiger charge is 2.16. The van der Waals surface area contributed by atoms with Gasteiger partial charge in [-0.15, -0.1) is 0 Å². The normalized spacial score (nSPS) is 12.5. The highest BCUT2D eigenvalue weighted by Crippen LogP contribution is 2.31. The van der Waals surface area contributed by atoms with Crippen LogP contribution in [0, 0.1) is 18.6 Å². The van der Waals surface area contributed by atoms with E-state index in [1.807, 2.05) is 18.2 Å². The highest BCUT2D eigenvalue weighted by atomic mass is 79.9. The molecular formula is C15H12BrClF2. The first-order valence-corrected chi connectivity index (χ1v) is 7.11. The fourth-order valence-corrected chi connectivity index (χ4v) is 2.82. The minimum Gasteiger partial charge on any atom is -0.207 e. The fourth-order valence-electron chi connectivity index (χ4n) is 1.88. The molecular weight excluding hydrogens is 334 g/mol. The SMILES string of the molecule is Cc1cc(F)c(C(Br)Cc2cccc(Cl)c2)cc1F. The summed E-state index contributed by atoms with van der Waals surface area (Å²) in [4.78, 5) is -0.291. The van der Waals surface area contributed by atoms with Gasteiger partial charge in [0.1, 0.15) is 11.6 Å². The third-order valence-corrected chi connectivity index (χ3v) is 3.97. The van der Waals surface area contributed by atoms with E-state index in [1.54, 1.807) is 13.0 Å². The van der Waals surface area contributed by atoms with Crippen LogP contribution in [0.1, 0.15) is 21.5 Å². The van der Waals surface area contributed by atoms with E-state index in [-0.39, 0.29) is 4.83 Å². The maximum Gasteiger partial charge on any atom is 0.128 e. The number of hydrogen-bond acceptors (Lipinski definition) is 0. The van der Waals surface area contributed by atoms with Gasteiger partial charge in [0, 0.05) is 15.4 Å². The molecule has 0 aliphatic carbocycles. The Bertz CT molecular complexity index is 599. The second kappa shape index (κ2) is 6.02. The summed E-state index contributed by atoms with van der Waals surface area (Å²) in [7, 11) is 0. The quantitative estimate of drug-likeness (QED) is 0.635. The second-order valence-corrected chi connectivity index (χ2v) is 5.97. The number of halogens is 4. The van der Waals surface area contributed by atoms with Crippen LogP contribution in [0.4, 0.5) is 8.78 Å². The third-order valence-electron chi connectivity index (χ3n) is 2.92. The molecule has 0 amide bonds. The van der Waals surface area contributed by atoms with Crippen LogP contribution in [0.25, 0.3) is 0 Å². The van der Waals surface area contributed by atoms with Crippen LogP contribution in [-0.2, 0) is 6.42 Å². The van der Waals surface area contributed by atoms with Gasteiger partial charge in [-0.05, 0) is 48.7 Å². The number of hydrogen-bond donors (Lipinski definition) is 0. The van der Waals surface area contributed by atoms with E-state index in [1.165, 1.54) is 12.1 Å². The molecule has 2 rings (SSSR count). The average Bonchev–Trinajstić information content (AvgIpc) is 2.33. The number of benzene rings is 2. The molecule has 0 aliphatic heterocycles. The first-order valence-electron chi connectivity index (χ1n) is 5.81. The standard InChI is InChI=1S/C15H12BrClF2/c1-9-5-15(19)12(8-14(9)18)13(16)7-10-3-2-4-11(17)6-10/h2-6,8,13H,7H2,1H3. The van der Waals surface area contributed by atoms with Gasteiger partial charge in [-0.25, -0.2) is 8.78 Å². The van der Waals surface area contributed by atoms with Gasteiger partial charge in [0.25, 0.3) is 0 Å². The molecule has 0 spiro atoms. The summed E-state index contributed by atoms with van der Waals surface area (Å²) in [6, 6.07) is 9.80. The molecule has 1 unspecified atom stereocenters. The zero-order valence-electron chi connectivity index (χ0n) is 10.3. The largest absolute Gasteiger partial charge is 0.207 e. The molecule has 0 fully saturated rings. The van der Waals surface area contributed by atoms with Crippen LogP contribution in [0.15, 0.2) is 36.4 Å². The zero-order valence-corrected chi connectivity index (χ0v) is 12.6.